The molecule has 2 amide bonds. The molecule has 0 spiro atoms. The van der Waals surface area contributed by atoms with Gasteiger partial charge in [0.05, 0.1) is 0 Å². The van der Waals surface area contributed by atoms with Crippen LogP contribution in [0.1, 0.15) is 12.8 Å². The van der Waals surface area contributed by atoms with Gasteiger partial charge in [0, 0.05) is 0 Å². The quantitative estimate of drug-likeness (QED) is 0.193. The molecule has 0 aromatic heterocycles. The average molecular weight is 403 g/mol. The molecule has 20 heavy (non-hydrogen) atoms. The first-order chi connectivity index (χ1) is 9.27. The van der Waals surface area contributed by atoms with Crippen LogP contribution in [-0.2, 0) is 14.4 Å². The van der Waals surface area contributed by atoms with Crippen LogP contribution in [0.4, 0.5) is 4.79 Å². The van der Waals surface area contributed by atoms with Gasteiger partial charge in [0.15, 0.2) is 0 Å². The van der Waals surface area contributed by atoms with Crippen LogP contribution in [0.3, 0.4) is 0 Å². The molecule has 0 saturated heterocycles. The van der Waals surface area contributed by atoms with Gasteiger partial charge in [0.25, 0.3) is 0 Å². The Kier molecular flexibility index (Phi) is 8.59. The molecule has 9 nitrogen and oxygen atoms in total. The number of rotatable bonds is 9. The van der Waals surface area contributed by atoms with Gasteiger partial charge >= 0.3 is 125 Å². The molecule has 0 bridgehead atoms. The van der Waals surface area contributed by atoms with Crippen molar-refractivity contribution in [3.63, 3.8) is 0 Å². The number of nitrogens with one attached hydrogen (secondary N) is 2. The van der Waals surface area contributed by atoms with Gasteiger partial charge in [0.1, 0.15) is 0 Å². The summed E-state index contributed by atoms with van der Waals surface area (Å²) in [5, 5.41) is 30.4. The van der Waals surface area contributed by atoms with Crippen LogP contribution < -0.4 is 31.8 Å². The van der Waals surface area contributed by atoms with Crippen LogP contribution in [0.5, 0.6) is 0 Å². The van der Waals surface area contributed by atoms with Crippen molar-refractivity contribution in [2.24, 2.45) is 0 Å². The van der Waals surface area contributed by atoms with Crippen molar-refractivity contribution in [1.29, 1.82) is 0 Å². The van der Waals surface area contributed by atoms with Gasteiger partial charge in [-0.25, -0.2) is 0 Å². The zero-order valence-electron chi connectivity index (χ0n) is 10.6. The van der Waals surface area contributed by atoms with E-state index >= 15 is 0 Å². The number of amides is 2. The second kappa shape index (κ2) is 9.34. The van der Waals surface area contributed by atoms with E-state index in [1.54, 1.807) is 0 Å². The minimum absolute atomic E-state index is 0.281. The summed E-state index contributed by atoms with van der Waals surface area (Å²) >= 11 is -0.365. The van der Waals surface area contributed by atoms with Gasteiger partial charge in [-0.15, -0.1) is 0 Å². The third-order valence-corrected chi connectivity index (χ3v) is 3.92. The molecule has 0 aromatic carbocycles. The standard InChI is InChI=1S/C10H16IN2O7/c1-11-4-6(9(18)19)13-10(20)12-5(8(16)17)2-3-7(14)15/h5-6H,2-4H2,1H3,(H,14,15)(H,16,17)(H,18,19)(H2,12,13,20)/q-1/t5-,6-/m0/s1. The number of hydrogen-bond donors (Lipinski definition) is 5. The molecular formula is C10H16IN2O7-. The third kappa shape index (κ3) is 7.76. The van der Waals surface area contributed by atoms with Gasteiger partial charge < -0.3 is 0 Å². The van der Waals surface area contributed by atoms with Crippen LogP contribution in [0.25, 0.3) is 0 Å². The molecule has 116 valence electrons. The number of carbonyl (C=O) groups is 4. The Morgan fingerprint density at radius 3 is 1.90 bits per heavy atom. The van der Waals surface area contributed by atoms with E-state index in [-0.39, 0.29) is 27.6 Å². The Morgan fingerprint density at radius 1 is 1.00 bits per heavy atom. The molecule has 0 aliphatic rings. The van der Waals surface area contributed by atoms with Crippen molar-refractivity contribution in [3.8, 4) is 0 Å². The summed E-state index contributed by atoms with van der Waals surface area (Å²) in [6, 6.07) is -3.38. The van der Waals surface area contributed by atoms with Crippen molar-refractivity contribution < 1.29 is 55.7 Å². The number of carboxylic acid groups (broad SMARTS) is 3. The Labute approximate surface area is 125 Å². The van der Waals surface area contributed by atoms with Crippen molar-refractivity contribution in [3.05, 3.63) is 0 Å². The van der Waals surface area contributed by atoms with E-state index < -0.39 is 42.4 Å². The zero-order valence-corrected chi connectivity index (χ0v) is 12.8. The second-order valence-electron chi connectivity index (χ2n) is 3.75. The van der Waals surface area contributed by atoms with E-state index in [4.69, 9.17) is 15.3 Å². The molecule has 2 atom stereocenters. The normalized spacial score (nSPS) is 13.2. The number of hydrogen-bond acceptors (Lipinski definition) is 4. The molecule has 0 fully saturated rings. The summed E-state index contributed by atoms with van der Waals surface area (Å²) in [7, 11) is 0. The van der Waals surface area contributed by atoms with Crippen LogP contribution in [-0.4, -0.2) is 60.7 Å². The number of urea groups is 1. The van der Waals surface area contributed by atoms with Crippen molar-refractivity contribution in [2.75, 3.05) is 9.36 Å². The van der Waals surface area contributed by atoms with Crippen molar-refractivity contribution in [1.82, 2.24) is 10.6 Å². The first-order valence-electron chi connectivity index (χ1n) is 5.46. The minimum atomic E-state index is -1.38. The fourth-order valence-corrected chi connectivity index (χ4v) is 2.68. The summed E-state index contributed by atoms with van der Waals surface area (Å²) in [6.07, 6.45) is -0.698. The van der Waals surface area contributed by atoms with E-state index in [1.165, 1.54) is 0 Å². The van der Waals surface area contributed by atoms with Gasteiger partial charge in [-0.2, -0.15) is 0 Å². The van der Waals surface area contributed by atoms with Crippen molar-refractivity contribution in [2.45, 2.75) is 24.9 Å². The van der Waals surface area contributed by atoms with Gasteiger partial charge in [-0.05, 0) is 0 Å². The van der Waals surface area contributed by atoms with Gasteiger partial charge in [-0.3, -0.25) is 0 Å². The van der Waals surface area contributed by atoms with E-state index in [9.17, 15) is 19.2 Å². The maximum absolute atomic E-state index is 11.5. The SMILES string of the molecule is C[I-]C[C@H](NC(=O)N[C@@H](CCC(=O)O)C(=O)O)C(=O)O. The van der Waals surface area contributed by atoms with E-state index in [1.807, 2.05) is 4.93 Å². The molecule has 0 aliphatic carbocycles. The molecule has 5 N–H and O–H groups in total. The molecule has 0 rings (SSSR count). The molecule has 0 saturated carbocycles. The third-order valence-electron chi connectivity index (χ3n) is 2.16. The molecule has 0 radical (unpaired) electrons. The Bertz CT molecular complexity index is 388. The number of carboxylic acids is 3. The summed E-state index contributed by atoms with van der Waals surface area (Å²) in [5.74, 6) is -3.76. The summed E-state index contributed by atoms with van der Waals surface area (Å²) in [5.41, 5.74) is 0. The molecule has 0 heterocycles. The van der Waals surface area contributed by atoms with Crippen molar-refractivity contribution >= 4 is 23.9 Å². The van der Waals surface area contributed by atoms with E-state index in [0.717, 1.165) is 0 Å². The van der Waals surface area contributed by atoms with Crippen LogP contribution >= 0.6 is 0 Å². The first kappa shape index (κ1) is 18.4. The molecule has 0 aromatic rings. The fourth-order valence-electron chi connectivity index (χ4n) is 1.20. The zero-order chi connectivity index (χ0) is 15.7. The van der Waals surface area contributed by atoms with Gasteiger partial charge in [0.2, 0.25) is 0 Å². The Morgan fingerprint density at radius 2 is 1.50 bits per heavy atom. The number of alkyl halides is 2. The number of carbonyl (C=O) groups excluding carboxylic acids is 1. The second-order valence-corrected chi connectivity index (χ2v) is 6.16. The first-order valence-corrected chi connectivity index (χ1v) is 9.14. The summed E-state index contributed by atoms with van der Waals surface area (Å²) in [6.45, 7) is 0. The molecular weight excluding hydrogens is 387 g/mol. The fraction of sp³-hybridized carbons (Fsp3) is 0.600. The van der Waals surface area contributed by atoms with Crippen LogP contribution in [0.2, 0.25) is 0 Å². The van der Waals surface area contributed by atoms with E-state index in [2.05, 4.69) is 10.6 Å². The van der Waals surface area contributed by atoms with Crippen LogP contribution in [0, 0.1) is 0 Å². The average Bonchev–Trinajstić information content (AvgIpc) is 2.33. The van der Waals surface area contributed by atoms with Gasteiger partial charge in [-0.1, -0.05) is 0 Å². The summed E-state index contributed by atoms with van der Waals surface area (Å²) in [4.78, 5) is 45.4. The van der Waals surface area contributed by atoms with Crippen LogP contribution in [0.15, 0.2) is 0 Å². The predicted octanol–water partition coefficient (Wildman–Crippen LogP) is -4.22. The number of aliphatic carboxylic acids is 3. The molecule has 0 unspecified atom stereocenters. The number of halogens is 1. The predicted molar refractivity (Wildman–Crippen MR) is 62.2 cm³/mol. The van der Waals surface area contributed by atoms with E-state index in [0.29, 0.717) is 4.43 Å². The topological polar surface area (TPSA) is 153 Å². The Hall–Kier alpha value is -1.59. The molecule has 0 aliphatic heterocycles. The maximum atomic E-state index is 11.5. The summed E-state index contributed by atoms with van der Waals surface area (Å²) < 4.78 is 0.314. The monoisotopic (exact) mass is 403 g/mol. The molecule has 10 heteroatoms. The Balaban J connectivity index is 4.47.